The van der Waals surface area contributed by atoms with Gasteiger partial charge in [0.1, 0.15) is 5.52 Å². The molecule has 1 aliphatic heterocycles. The van der Waals surface area contributed by atoms with E-state index in [4.69, 9.17) is 0 Å². The van der Waals surface area contributed by atoms with Crippen LogP contribution in [0.5, 0.6) is 0 Å². The van der Waals surface area contributed by atoms with Crippen LogP contribution in [0, 0.1) is 5.82 Å². The van der Waals surface area contributed by atoms with E-state index < -0.39 is 0 Å². The average molecular weight is 283 g/mol. The van der Waals surface area contributed by atoms with Gasteiger partial charge in [-0.05, 0) is 28.1 Å². The highest BCUT2D eigenvalue weighted by molar-refractivity contribution is 9.10. The molecule has 16 heavy (non-hydrogen) atoms. The molecule has 0 saturated carbocycles. The monoisotopic (exact) mass is 282 g/mol. The van der Waals surface area contributed by atoms with E-state index in [1.807, 2.05) is 12.2 Å². The Kier molecular flexibility index (Phi) is 2.04. The Morgan fingerprint density at radius 2 is 1.88 bits per heavy atom. The molecule has 1 aromatic carbocycles. The molecule has 0 atom stereocenters. The van der Waals surface area contributed by atoms with Crippen LogP contribution in [0.25, 0.3) is 10.9 Å². The van der Waals surface area contributed by atoms with E-state index in [-0.39, 0.29) is 11.4 Å². The van der Waals surface area contributed by atoms with Gasteiger partial charge in [-0.15, -0.1) is 0 Å². The van der Waals surface area contributed by atoms with E-state index in [0.29, 0.717) is 28.5 Å². The predicted molar refractivity (Wildman–Crippen MR) is 63.0 cm³/mol. The summed E-state index contributed by atoms with van der Waals surface area (Å²) in [6, 6.07) is 3.22. The lowest BCUT2D eigenvalue weighted by Crippen LogP contribution is -2.24. The van der Waals surface area contributed by atoms with Crippen LogP contribution in [-0.2, 0) is 13.1 Å². The van der Waals surface area contributed by atoms with E-state index in [1.165, 1.54) is 0 Å². The maximum atomic E-state index is 14.0. The highest BCUT2D eigenvalue weighted by Gasteiger charge is 2.18. The standard InChI is InChI=1S/C11H8BrFN2O/c12-8-4-3-7-10(9(8)13)14-5-1-2-6-15(14)11(7)16/h1-4H,5-6H2. The summed E-state index contributed by atoms with van der Waals surface area (Å²) in [5.74, 6) is -0.372. The van der Waals surface area contributed by atoms with Gasteiger partial charge in [-0.2, -0.15) is 0 Å². The van der Waals surface area contributed by atoms with Crippen LogP contribution in [0.2, 0.25) is 0 Å². The number of nitrogens with zero attached hydrogens (tertiary/aromatic N) is 2. The van der Waals surface area contributed by atoms with E-state index in [1.54, 1.807) is 21.5 Å². The third-order valence-electron chi connectivity index (χ3n) is 2.81. The third kappa shape index (κ3) is 1.15. The van der Waals surface area contributed by atoms with Crippen LogP contribution >= 0.6 is 15.9 Å². The Bertz CT molecular complexity index is 669. The zero-order valence-corrected chi connectivity index (χ0v) is 9.87. The van der Waals surface area contributed by atoms with Gasteiger partial charge in [0.05, 0.1) is 22.9 Å². The predicted octanol–water partition coefficient (Wildman–Crippen LogP) is 2.27. The smallest absolute Gasteiger partial charge is 0.274 e. The van der Waals surface area contributed by atoms with Crippen molar-refractivity contribution in [1.82, 2.24) is 9.36 Å². The minimum atomic E-state index is -0.372. The van der Waals surface area contributed by atoms with Gasteiger partial charge in [0.25, 0.3) is 5.56 Å². The number of fused-ring (bicyclic) bond motifs is 3. The molecule has 0 aliphatic carbocycles. The van der Waals surface area contributed by atoms with Crippen LogP contribution in [0.4, 0.5) is 4.39 Å². The van der Waals surface area contributed by atoms with Crippen molar-refractivity contribution in [2.45, 2.75) is 13.1 Å². The van der Waals surface area contributed by atoms with Gasteiger partial charge in [-0.25, -0.2) is 9.07 Å². The van der Waals surface area contributed by atoms with Crippen LogP contribution in [0.15, 0.2) is 33.6 Å². The van der Waals surface area contributed by atoms with Gasteiger partial charge in [0.15, 0.2) is 5.82 Å². The van der Waals surface area contributed by atoms with Crippen molar-refractivity contribution in [3.8, 4) is 0 Å². The Labute approximate surface area is 98.9 Å². The normalized spacial score (nSPS) is 14.4. The van der Waals surface area contributed by atoms with Gasteiger partial charge in [-0.1, -0.05) is 12.2 Å². The maximum absolute atomic E-state index is 14.0. The van der Waals surface area contributed by atoms with Gasteiger partial charge in [0.2, 0.25) is 0 Å². The van der Waals surface area contributed by atoms with E-state index in [0.717, 1.165) is 0 Å². The lowest BCUT2D eigenvalue weighted by molar-refractivity contribution is 0.498. The summed E-state index contributed by atoms with van der Waals surface area (Å²) in [4.78, 5) is 12.0. The first-order valence-corrected chi connectivity index (χ1v) is 5.72. The molecular weight excluding hydrogens is 275 g/mol. The lowest BCUT2D eigenvalue weighted by Gasteiger charge is -2.13. The Morgan fingerprint density at radius 1 is 1.19 bits per heavy atom. The number of halogens is 2. The Hall–Kier alpha value is -1.36. The quantitative estimate of drug-likeness (QED) is 0.681. The zero-order valence-electron chi connectivity index (χ0n) is 8.28. The number of hydrogen-bond acceptors (Lipinski definition) is 1. The highest BCUT2D eigenvalue weighted by atomic mass is 79.9. The first kappa shape index (κ1) is 9.84. The number of hydrogen-bond donors (Lipinski definition) is 0. The summed E-state index contributed by atoms with van der Waals surface area (Å²) in [7, 11) is 0. The minimum Gasteiger partial charge on any atom is -0.275 e. The van der Waals surface area contributed by atoms with E-state index in [9.17, 15) is 9.18 Å². The number of benzene rings is 1. The van der Waals surface area contributed by atoms with Crippen molar-refractivity contribution in [2.75, 3.05) is 0 Å². The van der Waals surface area contributed by atoms with Crippen LogP contribution in [0.3, 0.4) is 0 Å². The molecule has 0 unspecified atom stereocenters. The topological polar surface area (TPSA) is 26.9 Å². The molecule has 1 aliphatic rings. The summed E-state index contributed by atoms with van der Waals surface area (Å²) in [5.41, 5.74) is 0.245. The summed E-state index contributed by atoms with van der Waals surface area (Å²) in [5, 5.41) is 0.435. The lowest BCUT2D eigenvalue weighted by atomic mass is 10.2. The van der Waals surface area contributed by atoms with Crippen molar-refractivity contribution in [3.63, 3.8) is 0 Å². The zero-order chi connectivity index (χ0) is 11.3. The summed E-state index contributed by atoms with van der Waals surface area (Å²) in [6.45, 7) is 1.04. The van der Waals surface area contributed by atoms with E-state index >= 15 is 0 Å². The van der Waals surface area contributed by atoms with Crippen molar-refractivity contribution >= 4 is 26.8 Å². The van der Waals surface area contributed by atoms with Gasteiger partial charge in [-0.3, -0.25) is 9.48 Å². The fraction of sp³-hybridized carbons (Fsp3) is 0.182. The molecule has 0 radical (unpaired) electrons. The molecule has 0 spiro atoms. The SMILES string of the molecule is O=c1c2ccc(Br)c(F)c2n2n1CC=CC2. The second kappa shape index (κ2) is 3.31. The average Bonchev–Trinajstić information content (AvgIpc) is 2.59. The number of rotatable bonds is 0. The van der Waals surface area contributed by atoms with Gasteiger partial charge in [0, 0.05) is 0 Å². The Balaban J connectivity index is 2.52. The first-order valence-electron chi connectivity index (χ1n) is 4.92. The molecule has 0 bridgehead atoms. The molecule has 82 valence electrons. The molecule has 5 heteroatoms. The fourth-order valence-electron chi connectivity index (χ4n) is 2.05. The number of allylic oxidation sites excluding steroid dienone is 2. The van der Waals surface area contributed by atoms with Gasteiger partial charge < -0.3 is 0 Å². The maximum Gasteiger partial charge on any atom is 0.274 e. The molecule has 0 fully saturated rings. The molecule has 2 heterocycles. The highest BCUT2D eigenvalue weighted by Crippen LogP contribution is 2.24. The van der Waals surface area contributed by atoms with Crippen molar-refractivity contribution in [2.24, 2.45) is 0 Å². The first-order chi connectivity index (χ1) is 7.70. The third-order valence-corrected chi connectivity index (χ3v) is 3.42. The molecular formula is C11H8BrFN2O. The minimum absolute atomic E-state index is 0.134. The van der Waals surface area contributed by atoms with Crippen LogP contribution < -0.4 is 5.56 Å². The van der Waals surface area contributed by atoms with Crippen LogP contribution in [-0.4, -0.2) is 9.36 Å². The van der Waals surface area contributed by atoms with E-state index in [2.05, 4.69) is 15.9 Å². The molecule has 3 nitrogen and oxygen atoms in total. The van der Waals surface area contributed by atoms with Crippen LogP contribution in [0.1, 0.15) is 0 Å². The summed E-state index contributed by atoms with van der Waals surface area (Å²) < 4.78 is 17.6. The molecule has 0 amide bonds. The number of aromatic nitrogens is 2. The molecule has 1 aromatic heterocycles. The van der Waals surface area contributed by atoms with Crippen molar-refractivity contribution in [3.05, 3.63) is 44.9 Å². The van der Waals surface area contributed by atoms with Crippen molar-refractivity contribution < 1.29 is 4.39 Å². The second-order valence-corrected chi connectivity index (χ2v) is 4.55. The van der Waals surface area contributed by atoms with Crippen molar-refractivity contribution in [1.29, 1.82) is 0 Å². The summed E-state index contributed by atoms with van der Waals surface area (Å²) >= 11 is 3.14. The second-order valence-electron chi connectivity index (χ2n) is 3.70. The molecule has 0 saturated heterocycles. The Morgan fingerprint density at radius 3 is 2.62 bits per heavy atom. The fourth-order valence-corrected chi connectivity index (χ4v) is 2.37. The molecule has 0 N–H and O–H groups in total. The van der Waals surface area contributed by atoms with Gasteiger partial charge >= 0.3 is 0 Å². The summed E-state index contributed by atoms with van der Waals surface area (Å²) in [6.07, 6.45) is 3.84. The molecule has 2 aromatic rings. The largest absolute Gasteiger partial charge is 0.275 e. The molecule has 3 rings (SSSR count).